The van der Waals surface area contributed by atoms with Gasteiger partial charge in [0.25, 0.3) is 0 Å². The zero-order valence-electron chi connectivity index (χ0n) is 12.8. The molecule has 110 valence electrons. The number of Topliss-reactive ketones (excluding diaryl/α,β-unsaturated/α-hetero) is 1. The first-order chi connectivity index (χ1) is 8.40. The predicted octanol–water partition coefficient (Wildman–Crippen LogP) is 5.68. The molecule has 0 N–H and O–H groups in total. The Bertz CT molecular complexity index is 228. The van der Waals surface area contributed by atoms with Gasteiger partial charge in [-0.25, -0.2) is 0 Å². The van der Waals surface area contributed by atoms with Crippen molar-refractivity contribution < 1.29 is 4.79 Å². The number of hydrogen-bond donors (Lipinski definition) is 0. The summed E-state index contributed by atoms with van der Waals surface area (Å²) < 4.78 is 0. The third-order valence-corrected chi connectivity index (χ3v) is 11.2. The van der Waals surface area contributed by atoms with Crippen LogP contribution in [0.15, 0.2) is 0 Å². The van der Waals surface area contributed by atoms with Gasteiger partial charge in [0.15, 0.2) is 0 Å². The molecule has 0 aromatic rings. The van der Waals surface area contributed by atoms with Crippen LogP contribution in [0.3, 0.4) is 0 Å². The fraction of sp³-hybridized carbons (Fsp3) is 0.933. The molecule has 3 heteroatoms. The van der Waals surface area contributed by atoms with E-state index in [1.54, 1.807) is 6.92 Å². The van der Waals surface area contributed by atoms with Crippen molar-refractivity contribution in [1.82, 2.24) is 0 Å². The second-order valence-corrected chi connectivity index (χ2v) is 14.1. The average molecular weight is 295 g/mol. The van der Waals surface area contributed by atoms with Gasteiger partial charge in [-0.3, -0.25) is 0 Å². The van der Waals surface area contributed by atoms with Crippen LogP contribution in [0.2, 0.25) is 0 Å². The van der Waals surface area contributed by atoms with Gasteiger partial charge >= 0.3 is 119 Å². The molecular weight excluding hydrogens is 263 g/mol. The second-order valence-electron chi connectivity index (χ2n) is 5.91. The quantitative estimate of drug-likeness (QED) is 0.448. The Kier molecular flexibility index (Phi) is 8.72. The van der Waals surface area contributed by atoms with Gasteiger partial charge < -0.3 is 0 Å². The SMILES string of the molecule is CCCCP(Cl)(CCCC)(CCCC)CC(C)=O. The molecule has 1 nitrogen and oxygen atoms in total. The van der Waals surface area contributed by atoms with E-state index in [2.05, 4.69) is 20.8 Å². The molecule has 0 saturated heterocycles. The average Bonchev–Trinajstić information content (AvgIpc) is 2.32. The molecule has 0 radical (unpaired) electrons. The molecule has 0 unspecified atom stereocenters. The molecule has 0 saturated carbocycles. The standard InChI is InChI=1S/C15H32ClOP/c1-5-8-11-18(16,12-9-6-2,13-10-7-3)14-15(4)17/h5-14H2,1-4H3. The monoisotopic (exact) mass is 294 g/mol. The van der Waals surface area contributed by atoms with Gasteiger partial charge in [-0.15, -0.1) is 0 Å². The molecule has 0 aromatic heterocycles. The van der Waals surface area contributed by atoms with Crippen molar-refractivity contribution >= 4 is 23.0 Å². The van der Waals surface area contributed by atoms with Crippen LogP contribution >= 0.6 is 17.2 Å². The van der Waals surface area contributed by atoms with Crippen LogP contribution < -0.4 is 0 Å². The summed E-state index contributed by atoms with van der Waals surface area (Å²) in [6, 6.07) is 0. The number of carbonyl (C=O) groups excluding carboxylic acids is 1. The molecule has 0 heterocycles. The number of rotatable bonds is 11. The molecule has 0 aliphatic heterocycles. The van der Waals surface area contributed by atoms with Crippen LogP contribution in [-0.2, 0) is 4.79 Å². The van der Waals surface area contributed by atoms with Gasteiger partial charge in [-0.2, -0.15) is 0 Å². The second kappa shape index (κ2) is 8.54. The minimum absolute atomic E-state index is 0.297. The normalized spacial score (nSPS) is 14.2. The Labute approximate surface area is 119 Å². The molecule has 0 aliphatic carbocycles. The van der Waals surface area contributed by atoms with Crippen molar-refractivity contribution in [3.8, 4) is 0 Å². The van der Waals surface area contributed by atoms with Gasteiger partial charge in [0.2, 0.25) is 0 Å². The Balaban J connectivity index is 5.00. The molecule has 0 aliphatic rings. The van der Waals surface area contributed by atoms with Crippen LogP contribution in [0, 0.1) is 0 Å². The van der Waals surface area contributed by atoms with Crippen LogP contribution in [-0.4, -0.2) is 30.4 Å². The van der Waals surface area contributed by atoms with E-state index in [4.69, 9.17) is 11.2 Å². The van der Waals surface area contributed by atoms with E-state index in [-0.39, 0.29) is 0 Å². The first-order valence-electron chi connectivity index (χ1n) is 7.61. The van der Waals surface area contributed by atoms with E-state index in [1.165, 1.54) is 38.5 Å². The third kappa shape index (κ3) is 6.53. The Morgan fingerprint density at radius 3 is 1.44 bits per heavy atom. The Morgan fingerprint density at radius 2 is 1.22 bits per heavy atom. The van der Waals surface area contributed by atoms with Crippen molar-refractivity contribution in [2.75, 3.05) is 24.6 Å². The molecule has 0 spiro atoms. The molecule has 0 aromatic carbocycles. The molecular formula is C15H32ClOP. The number of ketones is 1. The molecule has 0 bridgehead atoms. The molecule has 0 fully saturated rings. The number of unbranched alkanes of at least 4 members (excludes halogenated alkanes) is 3. The topological polar surface area (TPSA) is 17.1 Å². The van der Waals surface area contributed by atoms with E-state index in [1.807, 2.05) is 0 Å². The van der Waals surface area contributed by atoms with E-state index < -0.39 is 5.96 Å². The fourth-order valence-electron chi connectivity index (χ4n) is 2.79. The molecule has 0 rings (SSSR count). The maximum absolute atomic E-state index is 11.7. The zero-order chi connectivity index (χ0) is 14.1. The summed E-state index contributed by atoms with van der Waals surface area (Å²) in [5.41, 5.74) is 0. The predicted molar refractivity (Wildman–Crippen MR) is 87.6 cm³/mol. The van der Waals surface area contributed by atoms with E-state index in [0.29, 0.717) is 11.9 Å². The summed E-state index contributed by atoms with van der Waals surface area (Å²) >= 11 is 7.24. The summed E-state index contributed by atoms with van der Waals surface area (Å²) in [4.78, 5) is 11.7. The van der Waals surface area contributed by atoms with Crippen molar-refractivity contribution in [3.63, 3.8) is 0 Å². The van der Waals surface area contributed by atoms with Crippen molar-refractivity contribution in [2.24, 2.45) is 0 Å². The van der Waals surface area contributed by atoms with E-state index in [0.717, 1.165) is 18.5 Å². The van der Waals surface area contributed by atoms with Gasteiger partial charge in [-0.05, 0) is 0 Å². The Hall–Kier alpha value is 0.390. The first kappa shape index (κ1) is 18.4. The third-order valence-electron chi connectivity index (χ3n) is 3.83. The van der Waals surface area contributed by atoms with Crippen LogP contribution in [0.4, 0.5) is 0 Å². The number of halogens is 1. The molecule has 0 atom stereocenters. The van der Waals surface area contributed by atoms with Gasteiger partial charge in [0.05, 0.1) is 0 Å². The van der Waals surface area contributed by atoms with Gasteiger partial charge in [0.1, 0.15) is 0 Å². The number of hydrogen-bond acceptors (Lipinski definition) is 1. The summed E-state index contributed by atoms with van der Waals surface area (Å²) in [5, 5.41) is 0. The van der Waals surface area contributed by atoms with Crippen molar-refractivity contribution in [3.05, 3.63) is 0 Å². The summed E-state index contributed by atoms with van der Waals surface area (Å²) in [6.45, 7) is 8.36. The summed E-state index contributed by atoms with van der Waals surface area (Å²) in [7, 11) is 0. The Morgan fingerprint density at radius 1 is 0.889 bits per heavy atom. The molecule has 0 amide bonds. The first-order valence-corrected chi connectivity index (χ1v) is 11.5. The fourth-order valence-corrected chi connectivity index (χ4v) is 9.95. The van der Waals surface area contributed by atoms with Crippen LogP contribution in [0.25, 0.3) is 0 Å². The summed E-state index contributed by atoms with van der Waals surface area (Å²) in [5.74, 6) is -1.98. The maximum atomic E-state index is 11.7. The van der Waals surface area contributed by atoms with E-state index in [9.17, 15) is 4.79 Å². The summed E-state index contributed by atoms with van der Waals surface area (Å²) in [6.07, 6.45) is 11.1. The number of carbonyl (C=O) groups is 1. The van der Waals surface area contributed by atoms with Gasteiger partial charge in [-0.1, -0.05) is 0 Å². The van der Waals surface area contributed by atoms with Crippen molar-refractivity contribution in [1.29, 1.82) is 0 Å². The zero-order valence-corrected chi connectivity index (χ0v) is 14.5. The van der Waals surface area contributed by atoms with Crippen LogP contribution in [0.5, 0.6) is 0 Å². The van der Waals surface area contributed by atoms with E-state index >= 15 is 0 Å². The molecule has 18 heavy (non-hydrogen) atoms. The minimum atomic E-state index is -2.28. The van der Waals surface area contributed by atoms with Crippen molar-refractivity contribution in [2.45, 2.75) is 66.2 Å². The van der Waals surface area contributed by atoms with Crippen LogP contribution in [0.1, 0.15) is 66.2 Å². The van der Waals surface area contributed by atoms with Gasteiger partial charge in [0, 0.05) is 0 Å².